The Hall–Kier alpha value is -2.57. The van der Waals surface area contributed by atoms with Gasteiger partial charge < -0.3 is 19.7 Å². The van der Waals surface area contributed by atoms with Gasteiger partial charge in [0.05, 0.1) is 18.6 Å². The molecule has 1 aromatic heterocycles. The highest BCUT2D eigenvalue weighted by atomic mass is 19.1. The van der Waals surface area contributed by atoms with E-state index >= 15 is 0 Å². The number of amides is 2. The average molecular weight is 345 g/mol. The fourth-order valence-electron chi connectivity index (χ4n) is 3.09. The Morgan fingerprint density at radius 1 is 1.20 bits per heavy atom. The molecule has 0 saturated carbocycles. The molecule has 2 amide bonds. The Morgan fingerprint density at radius 2 is 2.00 bits per heavy atom. The average Bonchev–Trinajstić information content (AvgIpc) is 2.94. The van der Waals surface area contributed by atoms with Gasteiger partial charge in [0.15, 0.2) is 0 Å². The maximum absolute atomic E-state index is 13.1. The highest BCUT2D eigenvalue weighted by molar-refractivity contribution is 5.74. The maximum atomic E-state index is 13.1. The van der Waals surface area contributed by atoms with E-state index in [1.54, 1.807) is 24.7 Å². The molecule has 0 aliphatic carbocycles. The van der Waals surface area contributed by atoms with Gasteiger partial charge >= 0.3 is 6.03 Å². The number of imidazole rings is 1. The van der Waals surface area contributed by atoms with Gasteiger partial charge in [-0.25, -0.2) is 14.2 Å². The van der Waals surface area contributed by atoms with Crippen LogP contribution < -0.4 is 10.2 Å². The van der Waals surface area contributed by atoms with Crippen molar-refractivity contribution >= 4 is 11.7 Å². The van der Waals surface area contributed by atoms with Crippen molar-refractivity contribution in [3.05, 3.63) is 48.3 Å². The zero-order valence-corrected chi connectivity index (χ0v) is 14.5. The molecular weight excluding hydrogens is 321 g/mol. The molecule has 3 rings (SSSR count). The number of rotatable bonds is 4. The summed E-state index contributed by atoms with van der Waals surface area (Å²) in [5, 5.41) is 2.98. The first kappa shape index (κ1) is 17.3. The fourth-order valence-corrected chi connectivity index (χ4v) is 3.09. The third kappa shape index (κ3) is 4.29. The second-order valence-corrected chi connectivity index (χ2v) is 6.13. The minimum absolute atomic E-state index is 0.0511. The molecule has 0 radical (unpaired) electrons. The lowest BCUT2D eigenvalue weighted by atomic mass is 10.2. The quantitative estimate of drug-likeness (QED) is 0.926. The van der Waals surface area contributed by atoms with Gasteiger partial charge in [-0.1, -0.05) is 0 Å². The number of carbonyl (C=O) groups is 1. The van der Waals surface area contributed by atoms with Crippen molar-refractivity contribution in [1.29, 1.82) is 0 Å². The molecule has 6 nitrogen and oxygen atoms in total. The number of hydrogen-bond donors (Lipinski definition) is 1. The maximum Gasteiger partial charge on any atom is 0.317 e. The molecule has 134 valence electrons. The number of aryl methyl sites for hydroxylation is 1. The summed E-state index contributed by atoms with van der Waals surface area (Å²) in [6.07, 6.45) is 4.44. The van der Waals surface area contributed by atoms with E-state index in [1.807, 2.05) is 16.4 Å². The first-order valence-electron chi connectivity index (χ1n) is 8.69. The number of nitrogens with one attached hydrogen (secondary N) is 1. The molecule has 1 aromatic carbocycles. The van der Waals surface area contributed by atoms with Crippen molar-refractivity contribution in [2.75, 3.05) is 31.1 Å². The van der Waals surface area contributed by atoms with Crippen LogP contribution in [0, 0.1) is 5.82 Å². The second kappa shape index (κ2) is 8.00. The molecule has 1 N–H and O–H groups in total. The number of anilines is 1. The number of nitrogens with zero attached hydrogens (tertiary/aromatic N) is 4. The molecule has 0 spiro atoms. The lowest BCUT2D eigenvalue weighted by Gasteiger charge is -2.24. The minimum atomic E-state index is -0.231. The van der Waals surface area contributed by atoms with E-state index < -0.39 is 0 Å². The van der Waals surface area contributed by atoms with Gasteiger partial charge in [0, 0.05) is 44.6 Å². The Kier molecular flexibility index (Phi) is 5.53. The molecule has 0 unspecified atom stereocenters. The summed E-state index contributed by atoms with van der Waals surface area (Å²) in [7, 11) is 0. The van der Waals surface area contributed by atoms with Crippen LogP contribution in [0.15, 0.2) is 36.8 Å². The molecule has 7 heteroatoms. The Labute approximate surface area is 147 Å². The predicted molar refractivity (Wildman–Crippen MR) is 94.9 cm³/mol. The standard InChI is InChI=1S/C18H24FN5O/c1-2-22-14-20-12-17(22)13-21-18(25)24-9-3-8-23(10-11-24)16-6-4-15(19)5-7-16/h4-7,12,14H,2-3,8-11,13H2,1H3,(H,21,25). The number of benzene rings is 1. The third-order valence-corrected chi connectivity index (χ3v) is 4.53. The molecule has 2 aromatic rings. The molecule has 0 atom stereocenters. The summed E-state index contributed by atoms with van der Waals surface area (Å²) in [6.45, 7) is 6.33. The topological polar surface area (TPSA) is 53.4 Å². The molecule has 0 bridgehead atoms. The van der Waals surface area contributed by atoms with E-state index in [-0.39, 0.29) is 11.8 Å². The van der Waals surface area contributed by atoms with Crippen molar-refractivity contribution in [3.63, 3.8) is 0 Å². The van der Waals surface area contributed by atoms with Crippen LogP contribution in [0.25, 0.3) is 0 Å². The molecule has 25 heavy (non-hydrogen) atoms. The second-order valence-electron chi connectivity index (χ2n) is 6.13. The van der Waals surface area contributed by atoms with Gasteiger partial charge in [-0.3, -0.25) is 0 Å². The molecule has 1 aliphatic heterocycles. The van der Waals surface area contributed by atoms with Gasteiger partial charge in [-0.15, -0.1) is 0 Å². The number of carbonyl (C=O) groups excluding carboxylic acids is 1. The van der Waals surface area contributed by atoms with Crippen molar-refractivity contribution in [1.82, 2.24) is 19.8 Å². The van der Waals surface area contributed by atoms with Crippen LogP contribution >= 0.6 is 0 Å². The molecular formula is C18H24FN5O. The van der Waals surface area contributed by atoms with Gasteiger partial charge in [0.1, 0.15) is 5.82 Å². The summed E-state index contributed by atoms with van der Waals surface area (Å²) < 4.78 is 15.1. The fraction of sp³-hybridized carbons (Fsp3) is 0.444. The molecule has 1 aliphatic rings. The first-order valence-corrected chi connectivity index (χ1v) is 8.69. The summed E-state index contributed by atoms with van der Waals surface area (Å²) in [4.78, 5) is 20.6. The highest BCUT2D eigenvalue weighted by Crippen LogP contribution is 2.17. The van der Waals surface area contributed by atoms with E-state index in [2.05, 4.69) is 15.2 Å². The first-order chi connectivity index (χ1) is 12.2. The minimum Gasteiger partial charge on any atom is -0.370 e. The van der Waals surface area contributed by atoms with E-state index in [4.69, 9.17) is 0 Å². The summed E-state index contributed by atoms with van der Waals surface area (Å²) in [6, 6.07) is 6.47. The highest BCUT2D eigenvalue weighted by Gasteiger charge is 2.19. The van der Waals surface area contributed by atoms with Crippen molar-refractivity contribution in [3.8, 4) is 0 Å². The van der Waals surface area contributed by atoms with Gasteiger partial charge in [0.2, 0.25) is 0 Å². The molecule has 1 saturated heterocycles. The third-order valence-electron chi connectivity index (χ3n) is 4.53. The van der Waals surface area contributed by atoms with Gasteiger partial charge in [0.25, 0.3) is 0 Å². The lowest BCUT2D eigenvalue weighted by Crippen LogP contribution is -2.42. The normalized spacial score (nSPS) is 15.1. The van der Waals surface area contributed by atoms with Crippen LogP contribution in [0.5, 0.6) is 0 Å². The van der Waals surface area contributed by atoms with E-state index in [0.29, 0.717) is 13.1 Å². The summed E-state index contributed by atoms with van der Waals surface area (Å²) in [5.74, 6) is -0.231. The smallest absolute Gasteiger partial charge is 0.317 e. The summed E-state index contributed by atoms with van der Waals surface area (Å²) in [5.41, 5.74) is 1.99. The number of aromatic nitrogens is 2. The van der Waals surface area contributed by atoms with Crippen LogP contribution in [-0.4, -0.2) is 46.7 Å². The Bertz CT molecular complexity index is 700. The zero-order valence-electron chi connectivity index (χ0n) is 14.5. The SMILES string of the molecule is CCn1cncc1CNC(=O)N1CCCN(c2ccc(F)cc2)CC1. The summed E-state index contributed by atoms with van der Waals surface area (Å²) >= 11 is 0. The lowest BCUT2D eigenvalue weighted by molar-refractivity contribution is 0.200. The molecule has 1 fully saturated rings. The number of halogens is 1. The van der Waals surface area contributed by atoms with Crippen molar-refractivity contribution < 1.29 is 9.18 Å². The Morgan fingerprint density at radius 3 is 2.76 bits per heavy atom. The van der Waals surface area contributed by atoms with Crippen LogP contribution in [-0.2, 0) is 13.1 Å². The van der Waals surface area contributed by atoms with E-state index in [9.17, 15) is 9.18 Å². The monoisotopic (exact) mass is 345 g/mol. The number of hydrogen-bond acceptors (Lipinski definition) is 3. The van der Waals surface area contributed by atoms with E-state index in [0.717, 1.165) is 44.0 Å². The zero-order chi connectivity index (χ0) is 17.6. The van der Waals surface area contributed by atoms with Crippen molar-refractivity contribution in [2.24, 2.45) is 0 Å². The van der Waals surface area contributed by atoms with Crippen LogP contribution in [0.4, 0.5) is 14.9 Å². The van der Waals surface area contributed by atoms with Crippen LogP contribution in [0.1, 0.15) is 19.0 Å². The predicted octanol–water partition coefficient (Wildman–Crippen LogP) is 2.46. The van der Waals surface area contributed by atoms with E-state index in [1.165, 1.54) is 12.1 Å². The van der Waals surface area contributed by atoms with Gasteiger partial charge in [-0.2, -0.15) is 0 Å². The molecule has 2 heterocycles. The van der Waals surface area contributed by atoms with Crippen molar-refractivity contribution in [2.45, 2.75) is 26.4 Å². The number of urea groups is 1. The Balaban J connectivity index is 1.53. The van der Waals surface area contributed by atoms with Gasteiger partial charge in [-0.05, 0) is 37.6 Å². The van der Waals surface area contributed by atoms with Crippen LogP contribution in [0.2, 0.25) is 0 Å². The van der Waals surface area contributed by atoms with Crippen LogP contribution in [0.3, 0.4) is 0 Å². The largest absolute Gasteiger partial charge is 0.370 e.